The van der Waals surface area contributed by atoms with Crippen molar-refractivity contribution in [2.24, 2.45) is 0 Å². The van der Waals surface area contributed by atoms with Crippen LogP contribution in [0.5, 0.6) is 0 Å². The smallest absolute Gasteiger partial charge is 0.269 e. The lowest BCUT2D eigenvalue weighted by Gasteiger charge is -2.28. The minimum Gasteiger partial charge on any atom is -0.328 e. The SMILES string of the molecule is CC1=C(C(=O)Nc2ccccc2)[C@H](c2cccc([N+](=O)[O-])c2)n2nc(-c3ccc(Cl)cc3)nc2N1. The largest absolute Gasteiger partial charge is 0.328 e. The van der Waals surface area contributed by atoms with Crippen molar-refractivity contribution in [1.82, 2.24) is 14.8 Å². The zero-order valence-corrected chi connectivity index (χ0v) is 19.2. The summed E-state index contributed by atoms with van der Waals surface area (Å²) >= 11 is 6.02. The molecule has 1 aliphatic heterocycles. The van der Waals surface area contributed by atoms with Crippen molar-refractivity contribution in [3.63, 3.8) is 0 Å². The van der Waals surface area contributed by atoms with Crippen molar-refractivity contribution in [2.45, 2.75) is 13.0 Å². The van der Waals surface area contributed by atoms with Gasteiger partial charge in [-0.05, 0) is 48.9 Å². The summed E-state index contributed by atoms with van der Waals surface area (Å²) in [6.45, 7) is 1.77. The third-order valence-corrected chi connectivity index (χ3v) is 5.88. The van der Waals surface area contributed by atoms with Crippen molar-refractivity contribution in [3.8, 4) is 11.4 Å². The van der Waals surface area contributed by atoms with Crippen LogP contribution >= 0.6 is 11.6 Å². The highest BCUT2D eigenvalue weighted by Gasteiger charge is 2.35. The zero-order valence-electron chi connectivity index (χ0n) is 18.5. The second kappa shape index (κ2) is 9.03. The Labute approximate surface area is 205 Å². The second-order valence-electron chi connectivity index (χ2n) is 7.95. The topological polar surface area (TPSA) is 115 Å². The number of aromatic nitrogens is 3. The minimum atomic E-state index is -0.747. The van der Waals surface area contributed by atoms with Crippen LogP contribution in [0.1, 0.15) is 18.5 Å². The summed E-state index contributed by atoms with van der Waals surface area (Å²) in [6.07, 6.45) is 0. The number of hydrogen-bond donors (Lipinski definition) is 2. The molecule has 1 amide bonds. The molecule has 0 saturated carbocycles. The van der Waals surface area contributed by atoms with Gasteiger partial charge in [0.2, 0.25) is 5.95 Å². The predicted octanol–water partition coefficient (Wildman–Crippen LogP) is 5.43. The summed E-state index contributed by atoms with van der Waals surface area (Å²) in [5.41, 5.74) is 2.76. The van der Waals surface area contributed by atoms with E-state index in [1.54, 1.807) is 60.1 Å². The lowest BCUT2D eigenvalue weighted by Crippen LogP contribution is -2.31. The average Bonchev–Trinajstić information content (AvgIpc) is 3.27. The van der Waals surface area contributed by atoms with Gasteiger partial charge in [0.25, 0.3) is 11.6 Å². The molecule has 0 aliphatic carbocycles. The number of anilines is 2. The first-order chi connectivity index (χ1) is 16.9. The number of nitro groups is 1. The lowest BCUT2D eigenvalue weighted by molar-refractivity contribution is -0.384. The number of para-hydroxylation sites is 1. The Bertz CT molecular complexity index is 1460. The standard InChI is InChI=1S/C25H19ClN6O3/c1-15-21(24(33)28-19-7-3-2-4-8-19)22(17-6-5-9-20(14-17)32(34)35)31-25(27-15)29-23(30-31)16-10-12-18(26)13-11-16/h2-14,22H,1H3,(H,28,33)(H,27,29,30)/t22-/m0/s1. The van der Waals surface area contributed by atoms with E-state index in [1.807, 2.05) is 18.2 Å². The highest BCUT2D eigenvalue weighted by molar-refractivity contribution is 6.30. The molecule has 174 valence electrons. The number of carbonyl (C=O) groups excluding carboxylic acids is 1. The summed E-state index contributed by atoms with van der Waals surface area (Å²) in [5.74, 6) is 0.490. The Hall–Kier alpha value is -4.50. The number of fused-ring (bicyclic) bond motifs is 1. The van der Waals surface area contributed by atoms with Crippen molar-refractivity contribution in [3.05, 3.63) is 111 Å². The molecule has 2 N–H and O–H groups in total. The van der Waals surface area contributed by atoms with Crippen molar-refractivity contribution >= 4 is 34.8 Å². The second-order valence-corrected chi connectivity index (χ2v) is 8.39. The molecular weight excluding hydrogens is 468 g/mol. The van der Waals surface area contributed by atoms with Gasteiger partial charge in [0.1, 0.15) is 6.04 Å². The number of nitro benzene ring substituents is 1. The van der Waals surface area contributed by atoms with Gasteiger partial charge in [-0.2, -0.15) is 4.98 Å². The number of nitrogens with zero attached hydrogens (tertiary/aromatic N) is 4. The van der Waals surface area contributed by atoms with E-state index in [0.717, 1.165) is 5.56 Å². The minimum absolute atomic E-state index is 0.0823. The van der Waals surface area contributed by atoms with Crippen LogP contribution in [0.2, 0.25) is 5.02 Å². The fourth-order valence-corrected chi connectivity index (χ4v) is 4.13. The number of rotatable bonds is 5. The molecule has 4 aromatic rings. The zero-order chi connectivity index (χ0) is 24.5. The van der Waals surface area contributed by atoms with Gasteiger partial charge in [0, 0.05) is 34.1 Å². The van der Waals surface area contributed by atoms with Gasteiger partial charge in [-0.15, -0.1) is 5.10 Å². The van der Waals surface area contributed by atoms with Crippen molar-refractivity contribution < 1.29 is 9.72 Å². The maximum atomic E-state index is 13.5. The van der Waals surface area contributed by atoms with Crippen LogP contribution in [0.4, 0.5) is 17.3 Å². The number of carbonyl (C=O) groups is 1. The number of amides is 1. The number of hydrogen-bond acceptors (Lipinski definition) is 6. The van der Waals surface area contributed by atoms with E-state index < -0.39 is 11.0 Å². The van der Waals surface area contributed by atoms with Gasteiger partial charge >= 0.3 is 0 Å². The maximum Gasteiger partial charge on any atom is 0.269 e. The van der Waals surface area contributed by atoms with Gasteiger partial charge in [-0.1, -0.05) is 41.9 Å². The molecule has 0 radical (unpaired) electrons. The van der Waals surface area contributed by atoms with Gasteiger partial charge in [0.05, 0.1) is 10.5 Å². The summed E-state index contributed by atoms with van der Waals surface area (Å²) < 4.78 is 1.58. The Morgan fingerprint density at radius 3 is 2.54 bits per heavy atom. The first kappa shape index (κ1) is 22.3. The Morgan fingerprint density at radius 1 is 1.09 bits per heavy atom. The number of allylic oxidation sites excluding steroid dienone is 1. The molecule has 1 aromatic heterocycles. The molecule has 0 spiro atoms. The number of benzene rings is 3. The molecule has 1 atom stereocenters. The summed E-state index contributed by atoms with van der Waals surface area (Å²) in [7, 11) is 0. The Morgan fingerprint density at radius 2 is 1.83 bits per heavy atom. The number of non-ortho nitro benzene ring substituents is 1. The van der Waals surface area contributed by atoms with E-state index in [-0.39, 0.29) is 11.6 Å². The molecular formula is C25H19ClN6O3. The summed E-state index contributed by atoms with van der Waals surface area (Å²) in [5, 5.41) is 22.8. The Balaban J connectivity index is 1.63. The fraction of sp³-hybridized carbons (Fsp3) is 0.0800. The predicted molar refractivity (Wildman–Crippen MR) is 133 cm³/mol. The van der Waals surface area contributed by atoms with Crippen LogP contribution < -0.4 is 10.6 Å². The van der Waals surface area contributed by atoms with E-state index in [1.165, 1.54) is 12.1 Å². The highest BCUT2D eigenvalue weighted by atomic mass is 35.5. The van der Waals surface area contributed by atoms with E-state index in [2.05, 4.69) is 20.7 Å². The molecule has 3 aromatic carbocycles. The first-order valence-corrected chi connectivity index (χ1v) is 11.1. The molecule has 0 bridgehead atoms. The quantitative estimate of drug-likeness (QED) is 0.287. The third kappa shape index (κ3) is 4.36. The first-order valence-electron chi connectivity index (χ1n) is 10.7. The molecule has 35 heavy (non-hydrogen) atoms. The molecule has 10 heteroatoms. The van der Waals surface area contributed by atoms with Crippen LogP contribution in [0, 0.1) is 10.1 Å². The van der Waals surface area contributed by atoms with Crippen molar-refractivity contribution in [2.75, 3.05) is 10.6 Å². The number of nitrogens with one attached hydrogen (secondary N) is 2. The molecule has 0 unspecified atom stereocenters. The third-order valence-electron chi connectivity index (χ3n) is 5.63. The maximum absolute atomic E-state index is 13.5. The lowest BCUT2D eigenvalue weighted by atomic mass is 9.94. The van der Waals surface area contributed by atoms with E-state index in [0.29, 0.717) is 39.3 Å². The van der Waals surface area contributed by atoms with E-state index in [4.69, 9.17) is 11.6 Å². The van der Waals surface area contributed by atoms with Crippen molar-refractivity contribution in [1.29, 1.82) is 0 Å². The van der Waals surface area contributed by atoms with Crippen LogP contribution in [-0.2, 0) is 4.79 Å². The Kier molecular flexibility index (Phi) is 5.76. The molecule has 2 heterocycles. The fourth-order valence-electron chi connectivity index (χ4n) is 4.00. The normalized spacial score (nSPS) is 14.7. The molecule has 0 saturated heterocycles. The van der Waals surface area contributed by atoms with Gasteiger partial charge in [-0.3, -0.25) is 14.9 Å². The van der Waals surface area contributed by atoms with Gasteiger partial charge in [0.15, 0.2) is 5.82 Å². The summed E-state index contributed by atoms with van der Waals surface area (Å²) in [4.78, 5) is 29.1. The van der Waals surface area contributed by atoms with Crippen LogP contribution in [0.25, 0.3) is 11.4 Å². The van der Waals surface area contributed by atoms with Gasteiger partial charge in [-0.25, -0.2) is 4.68 Å². The van der Waals surface area contributed by atoms with Crippen LogP contribution in [0.15, 0.2) is 90.1 Å². The summed E-state index contributed by atoms with van der Waals surface area (Å²) in [6, 6.07) is 21.6. The number of halogens is 1. The monoisotopic (exact) mass is 486 g/mol. The van der Waals surface area contributed by atoms with Crippen LogP contribution in [0.3, 0.4) is 0 Å². The van der Waals surface area contributed by atoms with Gasteiger partial charge < -0.3 is 10.6 Å². The van der Waals surface area contributed by atoms with E-state index >= 15 is 0 Å². The van der Waals surface area contributed by atoms with Crippen LogP contribution in [-0.4, -0.2) is 25.6 Å². The highest BCUT2D eigenvalue weighted by Crippen LogP contribution is 2.37. The van der Waals surface area contributed by atoms with E-state index in [9.17, 15) is 14.9 Å². The average molecular weight is 487 g/mol. The molecule has 1 aliphatic rings. The molecule has 0 fully saturated rings. The molecule has 5 rings (SSSR count). The molecule has 9 nitrogen and oxygen atoms in total.